The van der Waals surface area contributed by atoms with Gasteiger partial charge in [-0.3, -0.25) is 0 Å². The second-order valence-corrected chi connectivity index (χ2v) is 7.86. The van der Waals surface area contributed by atoms with Crippen LogP contribution in [0.2, 0.25) is 0 Å². The second kappa shape index (κ2) is 7.44. The third kappa shape index (κ3) is 3.34. The molecule has 0 amide bonds. The first-order chi connectivity index (χ1) is 13.9. The van der Waals surface area contributed by atoms with Crippen LogP contribution in [0, 0.1) is 27.7 Å². The van der Waals surface area contributed by atoms with Gasteiger partial charge in [-0.05, 0) is 80.5 Å². The summed E-state index contributed by atoms with van der Waals surface area (Å²) in [6.45, 7) is 10.2. The summed E-state index contributed by atoms with van der Waals surface area (Å²) in [6, 6.07) is 9.86. The van der Waals surface area contributed by atoms with E-state index < -0.39 is 0 Å². The normalized spacial score (nSPS) is 11.2. The Morgan fingerprint density at radius 3 is 2.55 bits per heavy atom. The maximum absolute atomic E-state index is 12.1. The Hall–Kier alpha value is -2.99. The average Bonchev–Trinajstić information content (AvgIpc) is 3.35. The standard InChI is InChI=1S/C23H22N2O3S/c1-6-27-23(26)17-10-9-16(14(4)15(17)5)21-24-22(29-25-21)19-11-18-12(2)7-8-13(3)20(18)28-19/h7-11H,6H2,1-5H3. The van der Waals surface area contributed by atoms with Gasteiger partial charge in [0, 0.05) is 10.9 Å². The van der Waals surface area contributed by atoms with Crippen molar-refractivity contribution in [3.05, 3.63) is 58.1 Å². The van der Waals surface area contributed by atoms with Crippen LogP contribution >= 0.6 is 11.5 Å². The third-order valence-corrected chi connectivity index (χ3v) is 5.99. The zero-order chi connectivity index (χ0) is 20.7. The molecule has 29 heavy (non-hydrogen) atoms. The summed E-state index contributed by atoms with van der Waals surface area (Å²) in [7, 11) is 0. The van der Waals surface area contributed by atoms with Gasteiger partial charge in [0.2, 0.25) is 0 Å². The molecule has 2 aromatic heterocycles. The van der Waals surface area contributed by atoms with Gasteiger partial charge in [0.25, 0.3) is 0 Å². The van der Waals surface area contributed by atoms with E-state index in [1.807, 2.05) is 32.9 Å². The Labute approximate surface area is 173 Å². The molecule has 0 radical (unpaired) electrons. The van der Waals surface area contributed by atoms with Crippen LogP contribution in [-0.4, -0.2) is 21.9 Å². The van der Waals surface area contributed by atoms with E-state index in [2.05, 4.69) is 23.4 Å². The molecule has 0 aliphatic rings. The molecule has 4 rings (SSSR count). The van der Waals surface area contributed by atoms with E-state index in [-0.39, 0.29) is 5.97 Å². The van der Waals surface area contributed by atoms with Gasteiger partial charge in [0.1, 0.15) is 5.58 Å². The molecule has 2 heterocycles. The van der Waals surface area contributed by atoms with Gasteiger partial charge in [-0.25, -0.2) is 9.78 Å². The summed E-state index contributed by atoms with van der Waals surface area (Å²) in [5, 5.41) is 1.84. The van der Waals surface area contributed by atoms with E-state index in [1.165, 1.54) is 17.1 Å². The number of aromatic nitrogens is 2. The summed E-state index contributed by atoms with van der Waals surface area (Å²) in [5.41, 5.74) is 6.49. The smallest absolute Gasteiger partial charge is 0.338 e. The number of hydrogen-bond acceptors (Lipinski definition) is 6. The molecule has 0 fully saturated rings. The largest absolute Gasteiger partial charge is 0.462 e. The molecule has 0 aliphatic carbocycles. The summed E-state index contributed by atoms with van der Waals surface area (Å²) in [4.78, 5) is 16.8. The molecule has 0 atom stereocenters. The number of furan rings is 1. The molecule has 2 aromatic carbocycles. The number of rotatable bonds is 4. The molecule has 0 saturated heterocycles. The van der Waals surface area contributed by atoms with Crippen LogP contribution < -0.4 is 0 Å². The first-order valence-electron chi connectivity index (χ1n) is 9.52. The Bertz CT molecular complexity index is 1200. The van der Waals surface area contributed by atoms with Crippen molar-refractivity contribution < 1.29 is 13.9 Å². The quantitative estimate of drug-likeness (QED) is 0.387. The monoisotopic (exact) mass is 406 g/mol. The summed E-state index contributed by atoms with van der Waals surface area (Å²) < 4.78 is 15.8. The number of aryl methyl sites for hydroxylation is 2. The number of carbonyl (C=O) groups excluding carboxylic acids is 1. The number of hydrogen-bond donors (Lipinski definition) is 0. The Balaban J connectivity index is 1.73. The van der Waals surface area contributed by atoms with E-state index in [1.54, 1.807) is 13.0 Å². The van der Waals surface area contributed by atoms with Gasteiger partial charge in [-0.15, -0.1) is 0 Å². The maximum Gasteiger partial charge on any atom is 0.338 e. The minimum absolute atomic E-state index is 0.306. The van der Waals surface area contributed by atoms with Crippen molar-refractivity contribution in [1.82, 2.24) is 9.36 Å². The van der Waals surface area contributed by atoms with E-state index in [9.17, 15) is 4.79 Å². The average molecular weight is 407 g/mol. The van der Waals surface area contributed by atoms with E-state index >= 15 is 0 Å². The fourth-order valence-electron chi connectivity index (χ4n) is 3.42. The lowest BCUT2D eigenvalue weighted by molar-refractivity contribution is 0.0525. The van der Waals surface area contributed by atoms with Crippen LogP contribution in [0.25, 0.3) is 33.1 Å². The fraction of sp³-hybridized carbons (Fsp3) is 0.261. The van der Waals surface area contributed by atoms with Gasteiger partial charge in [-0.2, -0.15) is 4.37 Å². The maximum atomic E-state index is 12.1. The van der Waals surface area contributed by atoms with Crippen LogP contribution in [0.1, 0.15) is 39.5 Å². The van der Waals surface area contributed by atoms with Crippen molar-refractivity contribution in [2.24, 2.45) is 0 Å². The van der Waals surface area contributed by atoms with Gasteiger partial charge < -0.3 is 9.15 Å². The second-order valence-electron chi connectivity index (χ2n) is 7.11. The van der Waals surface area contributed by atoms with Crippen LogP contribution in [0.4, 0.5) is 0 Å². The predicted molar refractivity (Wildman–Crippen MR) is 115 cm³/mol. The molecule has 0 spiro atoms. The third-order valence-electron chi connectivity index (χ3n) is 5.26. The van der Waals surface area contributed by atoms with Crippen molar-refractivity contribution in [2.75, 3.05) is 6.61 Å². The van der Waals surface area contributed by atoms with Crippen LogP contribution in [0.3, 0.4) is 0 Å². The van der Waals surface area contributed by atoms with Crippen LogP contribution in [-0.2, 0) is 4.74 Å². The molecule has 0 saturated carbocycles. The van der Waals surface area contributed by atoms with Crippen LogP contribution in [0.15, 0.2) is 34.7 Å². The molecule has 6 heteroatoms. The van der Waals surface area contributed by atoms with Crippen molar-refractivity contribution >= 4 is 28.5 Å². The molecule has 5 nitrogen and oxygen atoms in total. The van der Waals surface area contributed by atoms with Gasteiger partial charge in [0.05, 0.1) is 12.2 Å². The summed E-state index contributed by atoms with van der Waals surface area (Å²) >= 11 is 1.31. The first-order valence-corrected chi connectivity index (χ1v) is 10.3. The molecule has 0 unspecified atom stereocenters. The zero-order valence-electron chi connectivity index (χ0n) is 17.1. The van der Waals surface area contributed by atoms with Crippen molar-refractivity contribution in [3.8, 4) is 22.2 Å². The highest BCUT2D eigenvalue weighted by molar-refractivity contribution is 7.09. The zero-order valence-corrected chi connectivity index (χ0v) is 17.9. The van der Waals surface area contributed by atoms with Gasteiger partial charge >= 0.3 is 5.97 Å². The highest BCUT2D eigenvalue weighted by Crippen LogP contribution is 2.34. The Morgan fingerprint density at radius 1 is 1.07 bits per heavy atom. The SMILES string of the molecule is CCOC(=O)c1ccc(-c2nsc(-c3cc4c(C)ccc(C)c4o3)n2)c(C)c1C. The van der Waals surface area contributed by atoms with E-state index in [0.29, 0.717) is 18.0 Å². The molecule has 4 aromatic rings. The molecule has 0 N–H and O–H groups in total. The minimum atomic E-state index is -0.306. The number of fused-ring (bicyclic) bond motifs is 1. The highest BCUT2D eigenvalue weighted by atomic mass is 32.1. The molecular formula is C23H22N2O3S. The first kappa shape index (κ1) is 19.3. The lowest BCUT2D eigenvalue weighted by atomic mass is 9.97. The number of ether oxygens (including phenoxy) is 1. The predicted octanol–water partition coefficient (Wildman–Crippen LogP) is 6.03. The van der Waals surface area contributed by atoms with E-state index in [0.717, 1.165) is 44.0 Å². The summed E-state index contributed by atoms with van der Waals surface area (Å²) in [6.07, 6.45) is 0. The number of benzene rings is 2. The molecule has 0 aliphatic heterocycles. The van der Waals surface area contributed by atoms with E-state index in [4.69, 9.17) is 14.1 Å². The minimum Gasteiger partial charge on any atom is -0.462 e. The lowest BCUT2D eigenvalue weighted by Crippen LogP contribution is -2.08. The molecule has 0 bridgehead atoms. The van der Waals surface area contributed by atoms with Crippen molar-refractivity contribution in [2.45, 2.75) is 34.6 Å². The highest BCUT2D eigenvalue weighted by Gasteiger charge is 2.19. The fourth-order valence-corrected chi connectivity index (χ4v) is 4.05. The Kier molecular flexibility index (Phi) is 4.96. The van der Waals surface area contributed by atoms with Gasteiger partial charge in [-0.1, -0.05) is 18.2 Å². The topological polar surface area (TPSA) is 65.2 Å². The summed E-state index contributed by atoms with van der Waals surface area (Å²) in [5.74, 6) is 1.05. The van der Waals surface area contributed by atoms with Crippen LogP contribution in [0.5, 0.6) is 0 Å². The Morgan fingerprint density at radius 2 is 1.83 bits per heavy atom. The number of carbonyl (C=O) groups is 1. The van der Waals surface area contributed by atoms with Crippen molar-refractivity contribution in [3.63, 3.8) is 0 Å². The lowest BCUT2D eigenvalue weighted by Gasteiger charge is -2.10. The van der Waals surface area contributed by atoms with Crippen molar-refractivity contribution in [1.29, 1.82) is 0 Å². The molecule has 148 valence electrons. The number of nitrogens with zero attached hydrogens (tertiary/aromatic N) is 2. The number of esters is 1. The molecular weight excluding hydrogens is 384 g/mol. The van der Waals surface area contributed by atoms with Gasteiger partial charge in [0.15, 0.2) is 16.6 Å².